The van der Waals surface area contributed by atoms with Crippen LogP contribution in [0, 0.1) is 29.6 Å². The monoisotopic (exact) mass is 379 g/mol. The van der Waals surface area contributed by atoms with Crippen LogP contribution < -0.4 is 0 Å². The van der Waals surface area contributed by atoms with Crippen molar-refractivity contribution in [2.24, 2.45) is 29.6 Å². The van der Waals surface area contributed by atoms with Crippen molar-refractivity contribution < 1.29 is 19.2 Å². The molecular formula is C22H37NO4. The molecule has 0 radical (unpaired) electrons. The van der Waals surface area contributed by atoms with Gasteiger partial charge in [0.1, 0.15) is 0 Å². The van der Waals surface area contributed by atoms with E-state index in [4.69, 9.17) is 19.2 Å². The summed E-state index contributed by atoms with van der Waals surface area (Å²) >= 11 is 0. The van der Waals surface area contributed by atoms with E-state index in [0.717, 1.165) is 56.9 Å². The molecule has 6 aliphatic rings. The van der Waals surface area contributed by atoms with Crippen LogP contribution in [-0.2, 0) is 19.2 Å². The van der Waals surface area contributed by atoms with E-state index in [1.165, 1.54) is 51.5 Å². The molecule has 6 fully saturated rings. The second-order valence-electron chi connectivity index (χ2n) is 9.97. The number of rotatable bonds is 6. The maximum Gasteiger partial charge on any atom is 0.207 e. The van der Waals surface area contributed by atoms with Crippen LogP contribution in [0.2, 0.25) is 0 Å². The molecule has 0 spiro atoms. The van der Waals surface area contributed by atoms with Crippen LogP contribution in [0.3, 0.4) is 0 Å². The minimum absolute atomic E-state index is 0.246. The summed E-state index contributed by atoms with van der Waals surface area (Å²) < 4.78 is 11.5. The normalized spacial score (nSPS) is 47.4. The first kappa shape index (κ1) is 18.8. The van der Waals surface area contributed by atoms with Crippen molar-refractivity contribution in [2.45, 2.75) is 69.7 Å². The van der Waals surface area contributed by atoms with Gasteiger partial charge in [0, 0.05) is 38.6 Å². The molecular weight excluding hydrogens is 342 g/mol. The Balaban J connectivity index is 1.11. The van der Waals surface area contributed by atoms with E-state index >= 15 is 0 Å². The standard InChI is InChI=1S/C22H37NO4/c1-24-22(19-11-17-10-18(13-19)14-20(22)12-17)27-26-21-4-2-16(3-5-21)15-23-6-8-25-9-7-23/h16-21H,2-15H2,1H3. The zero-order chi connectivity index (χ0) is 18.3. The molecule has 5 saturated carbocycles. The molecule has 1 aliphatic heterocycles. The third-order valence-corrected chi connectivity index (χ3v) is 8.32. The average Bonchev–Trinajstić information content (AvgIpc) is 2.70. The second kappa shape index (κ2) is 7.91. The van der Waals surface area contributed by atoms with Gasteiger partial charge < -0.3 is 9.47 Å². The van der Waals surface area contributed by atoms with Crippen LogP contribution in [0.4, 0.5) is 0 Å². The Kier molecular flexibility index (Phi) is 5.51. The van der Waals surface area contributed by atoms with E-state index in [1.807, 2.05) is 7.11 Å². The van der Waals surface area contributed by atoms with Crippen LogP contribution in [0.15, 0.2) is 0 Å². The van der Waals surface area contributed by atoms with E-state index in [2.05, 4.69) is 4.90 Å². The van der Waals surface area contributed by atoms with Gasteiger partial charge in [-0.2, -0.15) is 0 Å². The van der Waals surface area contributed by atoms with Crippen LogP contribution in [0.25, 0.3) is 0 Å². The predicted molar refractivity (Wildman–Crippen MR) is 102 cm³/mol. The second-order valence-corrected chi connectivity index (χ2v) is 9.97. The van der Waals surface area contributed by atoms with Gasteiger partial charge in [0.25, 0.3) is 0 Å². The van der Waals surface area contributed by atoms with Gasteiger partial charge >= 0.3 is 0 Å². The lowest BCUT2D eigenvalue weighted by atomic mass is 9.53. The van der Waals surface area contributed by atoms with Crippen LogP contribution >= 0.6 is 0 Å². The van der Waals surface area contributed by atoms with Gasteiger partial charge in [0.2, 0.25) is 5.79 Å². The third-order valence-electron chi connectivity index (χ3n) is 8.32. The Morgan fingerprint density at radius 2 is 1.52 bits per heavy atom. The molecule has 0 unspecified atom stereocenters. The molecule has 0 atom stereocenters. The highest BCUT2D eigenvalue weighted by Gasteiger charge is 2.60. The minimum atomic E-state index is -0.460. The SMILES string of the molecule is COC1(OOC2CCC(CN3CCOCC3)CC2)C2CC3CC(C2)CC1C3. The van der Waals surface area contributed by atoms with Crippen molar-refractivity contribution in [3.8, 4) is 0 Å². The Hall–Kier alpha value is -0.200. The predicted octanol–water partition coefficient (Wildman–Crippen LogP) is 3.62. The summed E-state index contributed by atoms with van der Waals surface area (Å²) in [5.41, 5.74) is 0. The molecule has 5 aliphatic carbocycles. The summed E-state index contributed by atoms with van der Waals surface area (Å²) in [5.74, 6) is 3.25. The van der Waals surface area contributed by atoms with Crippen molar-refractivity contribution in [1.29, 1.82) is 0 Å². The lowest BCUT2D eigenvalue weighted by Crippen LogP contribution is -2.60. The molecule has 0 aromatic rings. The fourth-order valence-corrected chi connectivity index (χ4v) is 7.05. The number of morpholine rings is 1. The van der Waals surface area contributed by atoms with Gasteiger partial charge in [-0.1, -0.05) is 0 Å². The largest absolute Gasteiger partial charge is 0.379 e. The number of methoxy groups -OCH3 is 1. The fraction of sp³-hybridized carbons (Fsp3) is 1.00. The number of hydrogen-bond acceptors (Lipinski definition) is 5. The fourth-order valence-electron chi connectivity index (χ4n) is 7.05. The first-order valence-electron chi connectivity index (χ1n) is 11.4. The van der Waals surface area contributed by atoms with Gasteiger partial charge in [0.05, 0.1) is 19.3 Å². The maximum atomic E-state index is 6.23. The number of nitrogens with zero attached hydrogens (tertiary/aromatic N) is 1. The van der Waals surface area contributed by atoms with Crippen LogP contribution in [0.5, 0.6) is 0 Å². The molecule has 4 bridgehead atoms. The van der Waals surface area contributed by atoms with Crippen molar-refractivity contribution in [2.75, 3.05) is 40.0 Å². The van der Waals surface area contributed by atoms with Gasteiger partial charge in [0.15, 0.2) is 0 Å². The molecule has 154 valence electrons. The van der Waals surface area contributed by atoms with E-state index in [0.29, 0.717) is 11.8 Å². The van der Waals surface area contributed by atoms with Crippen LogP contribution in [0.1, 0.15) is 57.8 Å². The molecule has 0 N–H and O–H groups in total. The maximum absolute atomic E-state index is 6.23. The van der Waals surface area contributed by atoms with Gasteiger partial charge in [-0.25, -0.2) is 9.78 Å². The summed E-state index contributed by atoms with van der Waals surface area (Å²) in [6, 6.07) is 0. The van der Waals surface area contributed by atoms with E-state index in [1.54, 1.807) is 0 Å². The molecule has 1 heterocycles. The lowest BCUT2D eigenvalue weighted by Gasteiger charge is -2.58. The molecule has 5 heteroatoms. The van der Waals surface area contributed by atoms with E-state index < -0.39 is 5.79 Å². The molecule has 0 aromatic carbocycles. The number of ether oxygens (including phenoxy) is 2. The molecule has 0 aromatic heterocycles. The molecule has 27 heavy (non-hydrogen) atoms. The van der Waals surface area contributed by atoms with Crippen molar-refractivity contribution in [3.63, 3.8) is 0 Å². The summed E-state index contributed by atoms with van der Waals surface area (Å²) in [7, 11) is 1.84. The summed E-state index contributed by atoms with van der Waals surface area (Å²) in [6.45, 7) is 5.22. The highest BCUT2D eigenvalue weighted by Crippen LogP contribution is 2.60. The quantitative estimate of drug-likeness (QED) is 0.400. The molecule has 6 rings (SSSR count). The third kappa shape index (κ3) is 3.71. The van der Waals surface area contributed by atoms with Gasteiger partial charge in [-0.05, 0) is 75.5 Å². The van der Waals surface area contributed by atoms with Crippen molar-refractivity contribution in [3.05, 3.63) is 0 Å². The average molecular weight is 380 g/mol. The number of hydrogen-bond donors (Lipinski definition) is 0. The zero-order valence-electron chi connectivity index (χ0n) is 16.9. The van der Waals surface area contributed by atoms with E-state index in [9.17, 15) is 0 Å². The Morgan fingerprint density at radius 3 is 2.11 bits per heavy atom. The summed E-state index contributed by atoms with van der Waals surface area (Å²) in [5, 5.41) is 0. The van der Waals surface area contributed by atoms with Crippen LogP contribution in [-0.4, -0.2) is 56.7 Å². The zero-order valence-corrected chi connectivity index (χ0v) is 16.9. The van der Waals surface area contributed by atoms with Crippen molar-refractivity contribution >= 4 is 0 Å². The topological polar surface area (TPSA) is 40.2 Å². The Morgan fingerprint density at radius 1 is 0.889 bits per heavy atom. The summed E-state index contributed by atoms with van der Waals surface area (Å²) in [4.78, 5) is 14.9. The molecule has 0 amide bonds. The smallest absolute Gasteiger partial charge is 0.207 e. The van der Waals surface area contributed by atoms with Gasteiger partial charge in [-0.3, -0.25) is 4.90 Å². The molecule has 5 nitrogen and oxygen atoms in total. The first-order valence-corrected chi connectivity index (χ1v) is 11.4. The van der Waals surface area contributed by atoms with Crippen molar-refractivity contribution in [1.82, 2.24) is 4.90 Å². The first-order chi connectivity index (χ1) is 13.2. The highest BCUT2D eigenvalue weighted by atomic mass is 17.2. The minimum Gasteiger partial charge on any atom is -0.379 e. The Labute approximate surface area is 164 Å². The summed E-state index contributed by atoms with van der Waals surface area (Å²) in [6.07, 6.45) is 11.5. The molecule has 1 saturated heterocycles. The Bertz CT molecular complexity index is 471. The highest BCUT2D eigenvalue weighted by molar-refractivity contribution is 5.03. The van der Waals surface area contributed by atoms with Gasteiger partial charge in [-0.15, -0.1) is 0 Å². The lowest BCUT2D eigenvalue weighted by molar-refractivity contribution is -0.486. The van der Waals surface area contributed by atoms with E-state index in [-0.39, 0.29) is 6.10 Å².